The number of aromatic nitrogens is 5. The first-order valence-electron chi connectivity index (χ1n) is 27.2. The Kier molecular flexibility index (Phi) is 13.3. The van der Waals surface area contributed by atoms with E-state index in [9.17, 15) is 24.3 Å². The van der Waals surface area contributed by atoms with Gasteiger partial charge in [-0.2, -0.15) is 9.97 Å². The summed E-state index contributed by atoms with van der Waals surface area (Å²) in [6.45, 7) is 5.47. The highest BCUT2D eigenvalue weighted by atomic mass is 19.1. The second-order valence-corrected chi connectivity index (χ2v) is 22.1. The molecule has 0 radical (unpaired) electrons. The van der Waals surface area contributed by atoms with Crippen LogP contribution in [0.5, 0.6) is 6.01 Å². The van der Waals surface area contributed by atoms with Gasteiger partial charge >= 0.3 is 17.8 Å². The molecule has 9 heterocycles. The molecule has 0 aliphatic carbocycles. The molecule has 3 aromatic carbocycles. The van der Waals surface area contributed by atoms with E-state index in [-0.39, 0.29) is 77.5 Å². The van der Waals surface area contributed by atoms with E-state index in [2.05, 4.69) is 48.2 Å². The van der Waals surface area contributed by atoms with E-state index in [1.807, 2.05) is 18.2 Å². The van der Waals surface area contributed by atoms with Crippen molar-refractivity contribution in [1.82, 2.24) is 49.4 Å². The van der Waals surface area contributed by atoms with Crippen LogP contribution < -0.4 is 30.9 Å². The number of carbonyl (C=O) groups excluding carboxylic acids is 2. The highest BCUT2D eigenvalue weighted by Crippen LogP contribution is 2.44. The molecule has 6 aliphatic rings. The Balaban J connectivity index is 0.706. The van der Waals surface area contributed by atoms with Gasteiger partial charge in [0, 0.05) is 94.1 Å². The van der Waals surface area contributed by atoms with Crippen LogP contribution in [0.3, 0.4) is 0 Å². The number of benzene rings is 3. The summed E-state index contributed by atoms with van der Waals surface area (Å²) in [5, 5.41) is 18.1. The third kappa shape index (κ3) is 9.08. The van der Waals surface area contributed by atoms with E-state index in [0.29, 0.717) is 71.7 Å². The van der Waals surface area contributed by atoms with E-state index in [1.54, 1.807) is 47.0 Å². The van der Waals surface area contributed by atoms with Gasteiger partial charge in [0.25, 0.3) is 0 Å². The number of aryl methyl sites for hydroxylation is 1. The van der Waals surface area contributed by atoms with Crippen LogP contribution in [-0.4, -0.2) is 158 Å². The lowest BCUT2D eigenvalue weighted by atomic mass is 9.95. The van der Waals surface area contributed by atoms with Gasteiger partial charge in [0.05, 0.1) is 33.2 Å². The molecule has 3 aromatic heterocycles. The third-order valence-electron chi connectivity index (χ3n) is 17.7. The smallest absolute Gasteiger partial charge is 0.407 e. The monoisotopic (exact) mass is 1050 g/mol. The number of imidazole rings is 1. The van der Waals surface area contributed by atoms with Gasteiger partial charge in [-0.15, -0.1) is 6.42 Å². The fourth-order valence-electron chi connectivity index (χ4n) is 13.8. The number of hydrogen-bond acceptors (Lipinski definition) is 13. The van der Waals surface area contributed by atoms with E-state index in [1.165, 1.54) is 10.6 Å². The summed E-state index contributed by atoms with van der Waals surface area (Å²) in [6, 6.07) is 14.1. The average Bonchev–Trinajstić information content (AvgIpc) is 4.32. The number of rotatable bonds is 14. The number of para-hydroxylation sites is 1. The number of imide groups is 1. The molecule has 402 valence electrons. The molecule has 0 spiro atoms. The molecule has 6 aromatic rings. The van der Waals surface area contributed by atoms with Crippen molar-refractivity contribution in [3.8, 4) is 29.6 Å². The van der Waals surface area contributed by atoms with E-state index in [0.717, 1.165) is 88.7 Å². The molecule has 18 nitrogen and oxygen atoms in total. The normalized spacial score (nSPS) is 23.8. The number of anilines is 2. The number of fused-ring (bicyclic) bond motifs is 6. The number of ether oxygens (including phenoxy) is 1. The van der Waals surface area contributed by atoms with Gasteiger partial charge in [0.1, 0.15) is 35.5 Å². The summed E-state index contributed by atoms with van der Waals surface area (Å²) in [6.07, 6.45) is 14.8. The zero-order valence-electron chi connectivity index (χ0n) is 43.5. The predicted octanol–water partition coefficient (Wildman–Crippen LogP) is 6.02. The van der Waals surface area contributed by atoms with Crippen LogP contribution in [0.25, 0.3) is 44.0 Å². The highest BCUT2D eigenvalue weighted by Gasteiger charge is 2.50. The van der Waals surface area contributed by atoms with Gasteiger partial charge in [-0.1, -0.05) is 36.3 Å². The summed E-state index contributed by atoms with van der Waals surface area (Å²) in [4.78, 5) is 76.3. The van der Waals surface area contributed by atoms with Gasteiger partial charge in [0.2, 0.25) is 11.8 Å². The Morgan fingerprint density at radius 2 is 1.74 bits per heavy atom. The largest absolute Gasteiger partial charge is 0.465 e. The summed E-state index contributed by atoms with van der Waals surface area (Å²) in [5.41, 5.74) is 2.15. The molecule has 3 amide bonds. The number of piperazine rings is 1. The van der Waals surface area contributed by atoms with Gasteiger partial charge in [-0.25, -0.2) is 18.4 Å². The first kappa shape index (κ1) is 50.6. The molecule has 20 heteroatoms. The van der Waals surface area contributed by atoms with Crippen LogP contribution in [0, 0.1) is 24.0 Å². The SMILES string of the molecule is C#Cc1c(F)ccc2cccc(-c3ncc4c(N5CC6CCC(C5)N6)nc(OC[C@@]56CCCN5[C@H](CN(CCCN(C)C5CCN(c7cccc8c7n(C)c(=O)n8C7CCC(=O)NC7=O)CC5)C(=O)O)CC6)nc4c3F)c12. The average molecular weight is 1050 g/mol. The molecule has 3 unspecified atom stereocenters. The Morgan fingerprint density at radius 1 is 0.948 bits per heavy atom. The maximum Gasteiger partial charge on any atom is 0.407 e. The fourth-order valence-corrected chi connectivity index (χ4v) is 13.8. The number of terminal acetylenes is 1. The minimum Gasteiger partial charge on any atom is -0.465 e. The van der Waals surface area contributed by atoms with Crippen LogP contribution in [0.1, 0.15) is 82.2 Å². The van der Waals surface area contributed by atoms with Gasteiger partial charge in [-0.05, 0) is 108 Å². The minimum atomic E-state index is -0.942. The molecule has 77 heavy (non-hydrogen) atoms. The van der Waals surface area contributed by atoms with Gasteiger partial charge < -0.3 is 34.8 Å². The molecule has 6 aliphatic heterocycles. The van der Waals surface area contributed by atoms with E-state index < -0.39 is 29.7 Å². The van der Waals surface area contributed by atoms with E-state index >= 15 is 8.78 Å². The lowest BCUT2D eigenvalue weighted by molar-refractivity contribution is -0.135. The Morgan fingerprint density at radius 3 is 2.51 bits per heavy atom. The topological polar surface area (TPSA) is 187 Å². The lowest BCUT2D eigenvalue weighted by Crippen LogP contribution is -2.51. The number of nitrogens with zero attached hydrogens (tertiary/aromatic N) is 10. The first-order valence-corrected chi connectivity index (χ1v) is 27.2. The molecule has 5 atom stereocenters. The second kappa shape index (κ2) is 20.3. The van der Waals surface area contributed by atoms with Crippen LogP contribution >= 0.6 is 0 Å². The number of hydrogen-bond donors (Lipinski definition) is 3. The van der Waals surface area contributed by atoms with Crippen molar-refractivity contribution >= 4 is 62.1 Å². The summed E-state index contributed by atoms with van der Waals surface area (Å²) in [7, 11) is 3.83. The summed E-state index contributed by atoms with van der Waals surface area (Å²) in [5.74, 6) is 0.976. The Bertz CT molecular complexity index is 3430. The second-order valence-electron chi connectivity index (χ2n) is 22.1. The molecule has 2 bridgehead atoms. The summed E-state index contributed by atoms with van der Waals surface area (Å²) >= 11 is 0. The number of amides is 3. The van der Waals surface area contributed by atoms with Crippen LogP contribution in [0.15, 0.2) is 59.5 Å². The molecule has 3 N–H and O–H groups in total. The number of pyridine rings is 1. The molecular formula is C57H64F2N12O6. The molecule has 6 saturated heterocycles. The van der Waals surface area contributed by atoms with Gasteiger partial charge in [0.15, 0.2) is 5.82 Å². The van der Waals surface area contributed by atoms with E-state index in [4.69, 9.17) is 21.1 Å². The van der Waals surface area contributed by atoms with Crippen molar-refractivity contribution in [3.05, 3.63) is 82.4 Å². The molecule has 12 rings (SSSR count). The zero-order chi connectivity index (χ0) is 53.3. The van der Waals surface area contributed by atoms with Crippen molar-refractivity contribution < 1.29 is 33.0 Å². The van der Waals surface area contributed by atoms with Gasteiger partial charge in [-0.3, -0.25) is 33.9 Å². The third-order valence-corrected chi connectivity index (χ3v) is 17.7. The lowest BCUT2D eigenvalue weighted by Gasteiger charge is -2.38. The molecular weight excluding hydrogens is 987 g/mol. The predicted molar refractivity (Wildman–Crippen MR) is 288 cm³/mol. The van der Waals surface area contributed by atoms with Crippen molar-refractivity contribution in [1.29, 1.82) is 0 Å². The number of nitrogens with one attached hydrogen (secondary N) is 2. The maximum atomic E-state index is 17.3. The zero-order valence-corrected chi connectivity index (χ0v) is 43.5. The summed E-state index contributed by atoms with van der Waals surface area (Å²) < 4.78 is 42.1. The highest BCUT2D eigenvalue weighted by molar-refractivity contribution is 6.03. The van der Waals surface area contributed by atoms with Crippen LogP contribution in [0.4, 0.5) is 25.1 Å². The number of carbonyl (C=O) groups is 3. The Labute approximate surface area is 444 Å². The fraction of sp³-hybridized carbons (Fsp3) is 0.491. The maximum absolute atomic E-state index is 17.3. The van der Waals surface area contributed by atoms with Crippen molar-refractivity contribution in [2.75, 3.05) is 75.8 Å². The van der Waals surface area contributed by atoms with Crippen molar-refractivity contribution in [2.45, 2.75) is 106 Å². The molecule has 0 saturated carbocycles. The van der Waals surface area contributed by atoms with Crippen LogP contribution in [-0.2, 0) is 16.6 Å². The number of halogens is 2. The quantitative estimate of drug-likeness (QED) is 0.0849. The minimum absolute atomic E-state index is 0.000415. The van der Waals surface area contributed by atoms with Crippen LogP contribution in [0.2, 0.25) is 0 Å². The standard InChI is InChI=1S/C57H64F2N12O6/c1-4-39-42(58)16-13-34-9-5-10-40(47(34)39)49-48(59)50-41(29-60-49)52(69-30-35-14-15-36(31-69)61-35)64-54(63-50)77-33-57-22-7-26-70(57)38(19-23-57)32-68(56(75)76)25-8-24-65(2)37-20-27-67(28-21-37)43-11-6-12-44-51(43)66(3)55(74)71(44)45-17-18-46(72)62-53(45)73/h1,5-6,9-13,16,29,35-38,45,61H,7-8,14-15,17-28,30-33H2,2-3H3,(H,75,76)(H,62,72,73)/t35?,36?,38-,45?,57-/m0/s1. The molecule has 6 fully saturated rings. The number of piperidine rings is 2. The number of carboxylic acid groups (broad SMARTS) is 1. The first-order chi connectivity index (χ1) is 37.3. The Hall–Kier alpha value is -7.21. The van der Waals surface area contributed by atoms with Crippen molar-refractivity contribution in [3.63, 3.8) is 0 Å². The van der Waals surface area contributed by atoms with Crippen molar-refractivity contribution in [2.24, 2.45) is 7.05 Å².